The highest BCUT2D eigenvalue weighted by atomic mass is 16.2. The zero-order chi connectivity index (χ0) is 21.8. The van der Waals surface area contributed by atoms with Crippen LogP contribution >= 0.6 is 0 Å². The fourth-order valence-electron chi connectivity index (χ4n) is 3.17. The van der Waals surface area contributed by atoms with Crippen LogP contribution in [0, 0.1) is 0 Å². The van der Waals surface area contributed by atoms with Gasteiger partial charge in [-0.1, -0.05) is 37.3 Å². The van der Waals surface area contributed by atoms with Gasteiger partial charge in [0.1, 0.15) is 6.33 Å². The van der Waals surface area contributed by atoms with Crippen molar-refractivity contribution < 1.29 is 4.79 Å². The summed E-state index contributed by atoms with van der Waals surface area (Å²) in [7, 11) is 0. The van der Waals surface area contributed by atoms with Crippen LogP contribution in [0.4, 0.5) is 0 Å². The molecule has 1 N–H and O–H groups in total. The quantitative estimate of drug-likeness (QED) is 0.379. The van der Waals surface area contributed by atoms with Crippen LogP contribution in [0.25, 0.3) is 16.5 Å². The van der Waals surface area contributed by atoms with E-state index in [9.17, 15) is 9.59 Å². The van der Waals surface area contributed by atoms with Crippen molar-refractivity contribution >= 4 is 22.4 Å². The maximum Gasteiger partial charge on any atom is 0.292 e. The minimum atomic E-state index is -0.489. The Labute approximate surface area is 177 Å². The molecule has 156 valence electrons. The fourth-order valence-corrected chi connectivity index (χ4v) is 3.17. The molecule has 10 nitrogen and oxygen atoms in total. The summed E-state index contributed by atoms with van der Waals surface area (Å²) in [6, 6.07) is 14.4. The number of carbonyl (C=O) groups is 1. The molecular weight excluding hydrogens is 396 g/mol. The summed E-state index contributed by atoms with van der Waals surface area (Å²) in [6.45, 7) is 4.15. The monoisotopic (exact) mass is 416 g/mol. The van der Waals surface area contributed by atoms with Crippen molar-refractivity contribution in [3.8, 4) is 5.69 Å². The number of rotatable bonds is 6. The second kappa shape index (κ2) is 8.66. The zero-order valence-corrected chi connectivity index (χ0v) is 17.1. The molecule has 0 fully saturated rings. The molecule has 1 amide bonds. The molecule has 0 saturated carbocycles. The first-order chi connectivity index (χ1) is 15.1. The Bertz CT molecular complexity index is 1320. The predicted octanol–water partition coefficient (Wildman–Crippen LogP) is 1.94. The lowest BCUT2D eigenvalue weighted by Crippen LogP contribution is -2.29. The highest BCUT2D eigenvalue weighted by molar-refractivity contribution is 6.06. The third kappa shape index (κ3) is 4.08. The molecule has 0 radical (unpaired) electrons. The number of hydrazone groups is 1. The minimum absolute atomic E-state index is 0.155. The standard InChI is InChI=1S/C21H20N8O2/c1-3-11-28-21(31)18-10-5-4-9-17(18)19(25-28)20(30)24-23-14(2)15-7-6-8-16(12-15)29-13-22-26-27-29/h4-10,12-13H,3,11H2,1-2H3,(H,24,30)/b23-14+. The highest BCUT2D eigenvalue weighted by Crippen LogP contribution is 2.14. The molecule has 0 spiro atoms. The van der Waals surface area contributed by atoms with Gasteiger partial charge >= 0.3 is 0 Å². The van der Waals surface area contributed by atoms with E-state index in [2.05, 4.69) is 31.2 Å². The van der Waals surface area contributed by atoms with Gasteiger partial charge in [-0.25, -0.2) is 14.8 Å². The van der Waals surface area contributed by atoms with Crippen LogP contribution in [0.15, 0.2) is 64.8 Å². The minimum Gasteiger partial charge on any atom is -0.267 e. The highest BCUT2D eigenvalue weighted by Gasteiger charge is 2.16. The van der Waals surface area contributed by atoms with Crippen molar-refractivity contribution in [2.75, 3.05) is 0 Å². The van der Waals surface area contributed by atoms with E-state index in [0.29, 0.717) is 23.0 Å². The molecule has 0 aliphatic heterocycles. The maximum atomic E-state index is 12.9. The maximum absolute atomic E-state index is 12.9. The molecule has 31 heavy (non-hydrogen) atoms. The van der Waals surface area contributed by atoms with Crippen LogP contribution in [0.1, 0.15) is 36.3 Å². The number of aryl methyl sites for hydroxylation is 1. The van der Waals surface area contributed by atoms with Crippen molar-refractivity contribution in [1.29, 1.82) is 0 Å². The molecule has 2 heterocycles. The van der Waals surface area contributed by atoms with Crippen molar-refractivity contribution in [3.63, 3.8) is 0 Å². The number of benzene rings is 2. The second-order valence-electron chi connectivity index (χ2n) is 6.87. The third-order valence-electron chi connectivity index (χ3n) is 4.72. The van der Waals surface area contributed by atoms with Crippen LogP contribution in [-0.2, 0) is 6.54 Å². The van der Waals surface area contributed by atoms with Gasteiger partial charge in [0.2, 0.25) is 0 Å². The van der Waals surface area contributed by atoms with Crippen molar-refractivity contribution in [2.45, 2.75) is 26.8 Å². The van der Waals surface area contributed by atoms with Gasteiger partial charge in [0, 0.05) is 11.9 Å². The van der Waals surface area contributed by atoms with Gasteiger partial charge < -0.3 is 0 Å². The zero-order valence-electron chi connectivity index (χ0n) is 17.1. The number of aromatic nitrogens is 6. The van der Waals surface area contributed by atoms with Gasteiger partial charge in [-0.05, 0) is 47.5 Å². The number of fused-ring (bicyclic) bond motifs is 1. The van der Waals surface area contributed by atoms with Gasteiger partial charge in [0.15, 0.2) is 5.69 Å². The molecule has 2 aromatic heterocycles. The summed E-state index contributed by atoms with van der Waals surface area (Å²) >= 11 is 0. The number of tetrazole rings is 1. The average Bonchev–Trinajstić information content (AvgIpc) is 3.34. The molecular formula is C21H20N8O2. The van der Waals surface area contributed by atoms with Crippen molar-refractivity contribution in [3.05, 3.63) is 76.5 Å². The Kier molecular flexibility index (Phi) is 5.61. The SMILES string of the molecule is CCCn1nc(C(=O)N/N=C(\C)c2cccc(-n3cnnn3)c2)c2ccccc2c1=O. The summed E-state index contributed by atoms with van der Waals surface area (Å²) in [5, 5.41) is 20.6. The molecule has 4 rings (SSSR count). The first-order valence-electron chi connectivity index (χ1n) is 9.76. The van der Waals surface area contributed by atoms with Crippen molar-refractivity contribution in [1.82, 2.24) is 35.4 Å². The molecule has 0 atom stereocenters. The van der Waals surface area contributed by atoms with Gasteiger partial charge in [0.05, 0.1) is 16.8 Å². The molecule has 0 bridgehead atoms. The largest absolute Gasteiger partial charge is 0.292 e. The smallest absolute Gasteiger partial charge is 0.267 e. The number of nitrogens with one attached hydrogen (secondary N) is 1. The number of nitrogens with zero attached hydrogens (tertiary/aromatic N) is 7. The van der Waals surface area contributed by atoms with E-state index in [-0.39, 0.29) is 11.3 Å². The van der Waals surface area contributed by atoms with Crippen LogP contribution in [0.3, 0.4) is 0 Å². The van der Waals surface area contributed by atoms with Gasteiger partial charge in [0.25, 0.3) is 11.5 Å². The second-order valence-corrected chi connectivity index (χ2v) is 6.87. The van der Waals surface area contributed by atoms with E-state index in [1.165, 1.54) is 15.7 Å². The Morgan fingerprint density at radius 1 is 1.13 bits per heavy atom. The van der Waals surface area contributed by atoms with E-state index >= 15 is 0 Å². The molecule has 0 aliphatic carbocycles. The molecule has 0 aliphatic rings. The summed E-state index contributed by atoms with van der Waals surface area (Å²) in [6.07, 6.45) is 2.22. The fraction of sp³-hybridized carbons (Fsp3) is 0.190. The lowest BCUT2D eigenvalue weighted by molar-refractivity contribution is 0.0949. The topological polar surface area (TPSA) is 120 Å². The molecule has 0 saturated heterocycles. The molecule has 4 aromatic rings. The molecule has 0 unspecified atom stereocenters. The average molecular weight is 416 g/mol. The van der Waals surface area contributed by atoms with E-state index in [1.54, 1.807) is 31.2 Å². The lowest BCUT2D eigenvalue weighted by Gasteiger charge is -2.10. The number of carbonyl (C=O) groups excluding carboxylic acids is 1. The summed E-state index contributed by atoms with van der Waals surface area (Å²) < 4.78 is 2.85. The molecule has 10 heteroatoms. The number of hydrogen-bond acceptors (Lipinski definition) is 7. The Morgan fingerprint density at radius 2 is 1.94 bits per heavy atom. The summed E-state index contributed by atoms with van der Waals surface area (Å²) in [5.41, 5.74) is 4.65. The summed E-state index contributed by atoms with van der Waals surface area (Å²) in [5.74, 6) is -0.489. The molecule has 2 aromatic carbocycles. The van der Waals surface area contributed by atoms with E-state index in [4.69, 9.17) is 0 Å². The van der Waals surface area contributed by atoms with Gasteiger partial charge in [-0.2, -0.15) is 10.2 Å². The Balaban J connectivity index is 1.64. The lowest BCUT2D eigenvalue weighted by atomic mass is 10.1. The Hall–Kier alpha value is -4.21. The Morgan fingerprint density at radius 3 is 2.68 bits per heavy atom. The predicted molar refractivity (Wildman–Crippen MR) is 115 cm³/mol. The van der Waals surface area contributed by atoms with Crippen LogP contribution in [0.2, 0.25) is 0 Å². The summed E-state index contributed by atoms with van der Waals surface area (Å²) in [4.78, 5) is 25.5. The van der Waals surface area contributed by atoms with E-state index < -0.39 is 5.91 Å². The van der Waals surface area contributed by atoms with Crippen LogP contribution < -0.4 is 11.0 Å². The van der Waals surface area contributed by atoms with Crippen molar-refractivity contribution in [2.24, 2.45) is 5.10 Å². The normalized spacial score (nSPS) is 11.6. The first-order valence-corrected chi connectivity index (χ1v) is 9.76. The van der Waals surface area contributed by atoms with Crippen LogP contribution in [-0.4, -0.2) is 41.6 Å². The number of amides is 1. The first kappa shape index (κ1) is 20.1. The van der Waals surface area contributed by atoms with E-state index in [0.717, 1.165) is 17.7 Å². The van der Waals surface area contributed by atoms with Crippen LogP contribution in [0.5, 0.6) is 0 Å². The third-order valence-corrected chi connectivity index (χ3v) is 4.72. The number of hydrogen-bond donors (Lipinski definition) is 1. The van der Waals surface area contributed by atoms with Gasteiger partial charge in [-0.15, -0.1) is 5.10 Å². The van der Waals surface area contributed by atoms with Gasteiger partial charge in [-0.3, -0.25) is 9.59 Å². The van der Waals surface area contributed by atoms with E-state index in [1.807, 2.05) is 31.2 Å².